The zero-order valence-electron chi connectivity index (χ0n) is 39.2. The van der Waals surface area contributed by atoms with Gasteiger partial charge in [-0.15, -0.1) is 0 Å². The summed E-state index contributed by atoms with van der Waals surface area (Å²) in [6.45, 7) is 25.4. The van der Waals surface area contributed by atoms with Gasteiger partial charge < -0.3 is 35.6 Å². The number of hydrogen-bond acceptors (Lipinski definition) is 10. The predicted octanol–water partition coefficient (Wildman–Crippen LogP) is 8.05. The molecule has 0 radical (unpaired) electrons. The van der Waals surface area contributed by atoms with E-state index in [1.54, 1.807) is 0 Å². The number of amides is 2. The highest BCUT2D eigenvalue weighted by Gasteiger charge is 2.41. The monoisotopic (exact) mass is 843 g/mol. The second-order valence-corrected chi connectivity index (χ2v) is 21.7. The molecule has 0 aromatic heterocycles. The molecule has 0 bridgehead atoms. The van der Waals surface area contributed by atoms with Crippen LogP contribution >= 0.6 is 0 Å². The number of carbonyl (C=O) groups excluding carboxylic acids is 2. The zero-order chi connectivity index (χ0) is 43.6. The third kappa shape index (κ3) is 14.3. The zero-order valence-corrected chi connectivity index (χ0v) is 39.2. The first-order chi connectivity index (χ1) is 28.4. The lowest BCUT2D eigenvalue weighted by molar-refractivity contribution is -0.0102. The molecule has 0 unspecified atom stereocenters. The summed E-state index contributed by atoms with van der Waals surface area (Å²) in [5, 5.41) is 11.7. The largest absolute Gasteiger partial charge is 0.444 e. The minimum atomic E-state index is -0.439. The van der Waals surface area contributed by atoms with Gasteiger partial charge in [-0.25, -0.2) is 9.59 Å². The summed E-state index contributed by atoms with van der Waals surface area (Å²) < 4.78 is 11.1. The van der Waals surface area contributed by atoms with Gasteiger partial charge in [-0.1, -0.05) is 30.8 Å². The van der Waals surface area contributed by atoms with Crippen LogP contribution in [0.1, 0.15) is 158 Å². The van der Waals surface area contributed by atoms with Crippen molar-refractivity contribution < 1.29 is 19.1 Å². The molecule has 4 heterocycles. The van der Waals surface area contributed by atoms with Crippen LogP contribution in [-0.2, 0) is 9.47 Å². The van der Waals surface area contributed by atoms with E-state index in [-0.39, 0.29) is 23.3 Å². The van der Waals surface area contributed by atoms with Crippen molar-refractivity contribution in [3.63, 3.8) is 0 Å². The number of nitrogens with one attached hydrogen (secondary N) is 2. The molecule has 4 saturated heterocycles. The molecule has 14 heteroatoms. The van der Waals surface area contributed by atoms with Gasteiger partial charge in [-0.2, -0.15) is 0 Å². The second kappa shape index (κ2) is 21.8. The van der Waals surface area contributed by atoms with Crippen LogP contribution in [0.4, 0.5) is 9.59 Å². The molecule has 0 aromatic rings. The van der Waals surface area contributed by atoms with Crippen LogP contribution in [0.15, 0.2) is 5.11 Å². The third-order valence-electron chi connectivity index (χ3n) is 14.9. The Morgan fingerprint density at radius 1 is 0.633 bits per heavy atom. The Morgan fingerprint density at radius 2 is 1.00 bits per heavy atom. The quantitative estimate of drug-likeness (QED) is 0.118. The first-order valence-corrected chi connectivity index (χ1v) is 24.1. The van der Waals surface area contributed by atoms with Gasteiger partial charge in [0.2, 0.25) is 0 Å². The van der Waals surface area contributed by atoms with E-state index in [1.807, 2.05) is 51.3 Å². The normalized spacial score (nSPS) is 28.8. The Morgan fingerprint density at radius 3 is 1.37 bits per heavy atom. The van der Waals surface area contributed by atoms with Crippen molar-refractivity contribution in [2.24, 2.45) is 22.7 Å². The van der Waals surface area contributed by atoms with E-state index >= 15 is 0 Å². The lowest BCUT2D eigenvalue weighted by Crippen LogP contribution is -2.59. The van der Waals surface area contributed by atoms with Crippen LogP contribution in [0.2, 0.25) is 0 Å². The first-order valence-electron chi connectivity index (χ1n) is 24.1. The molecule has 4 N–H and O–H groups in total. The number of azide groups is 1. The number of ether oxygens (including phenoxy) is 2. The molecule has 2 aliphatic carbocycles. The predicted molar refractivity (Wildman–Crippen MR) is 241 cm³/mol. The summed E-state index contributed by atoms with van der Waals surface area (Å²) in [6, 6.07) is 2.30. The number of likely N-dealkylation sites (tertiary alicyclic amines) is 4. The highest BCUT2D eigenvalue weighted by molar-refractivity contribution is 5.68. The summed E-state index contributed by atoms with van der Waals surface area (Å²) in [6.07, 6.45) is 18.7. The van der Waals surface area contributed by atoms with Crippen molar-refractivity contribution in [1.29, 1.82) is 0 Å². The molecule has 344 valence electrons. The third-order valence-corrected chi connectivity index (χ3v) is 14.9. The molecular weight excluding hydrogens is 757 g/mol. The lowest BCUT2D eigenvalue weighted by atomic mass is 9.83. The van der Waals surface area contributed by atoms with Gasteiger partial charge in [-0.3, -0.25) is 9.80 Å². The van der Waals surface area contributed by atoms with Gasteiger partial charge in [0.05, 0.1) is 0 Å². The number of nitrogens with zero attached hydrogens (tertiary/aromatic N) is 7. The molecule has 14 nitrogen and oxygen atoms in total. The summed E-state index contributed by atoms with van der Waals surface area (Å²) in [4.78, 5) is 36.8. The molecular formula is C46H86N10O4. The molecule has 6 aliphatic rings. The standard InChI is InChI=1S/C23H42N6O2.C23H44N4O2/c1-22(2,3)31-21(30)28-15-11-23(4,12-16-28)29-13-9-19(10-14-29)26-20-8-6-5-7-18(20)17-25-27-24;1-22(2,3)29-21(28)26-15-11-23(4,12-16-26)27-13-9-19(10-14-27)25-20-8-6-5-7-18(20)17-24/h18-20,26H,5-17H2,1-4H3;18-20,25H,5-17,24H2,1-4H3/t2*18-,20+/m11/s1. The number of piperidine rings is 4. The molecule has 2 amide bonds. The van der Waals surface area contributed by atoms with Crippen molar-refractivity contribution in [3.05, 3.63) is 10.4 Å². The van der Waals surface area contributed by atoms with Gasteiger partial charge in [-0.05, 0) is 156 Å². The smallest absolute Gasteiger partial charge is 0.410 e. The SMILES string of the molecule is CC(C)(C)OC(=O)N1CCC(C)(N2CCC(N[C@H]3CCCC[C@@H]3CN)CC2)CC1.CC(C)(C)OC(=O)N1CCC(C)(N2CCC(N[C@H]3CCCC[C@@H]3CN=[N+]=[N-])CC2)CC1. The van der Waals surface area contributed by atoms with Crippen LogP contribution in [0.3, 0.4) is 0 Å². The highest BCUT2D eigenvalue weighted by Crippen LogP contribution is 2.35. The molecule has 6 rings (SSSR count). The maximum Gasteiger partial charge on any atom is 0.410 e. The fourth-order valence-electron chi connectivity index (χ4n) is 10.9. The van der Waals surface area contributed by atoms with E-state index in [0.29, 0.717) is 42.5 Å². The van der Waals surface area contributed by atoms with E-state index in [9.17, 15) is 9.59 Å². The van der Waals surface area contributed by atoms with Crippen LogP contribution in [0.5, 0.6) is 0 Å². The molecule has 4 atom stereocenters. The molecule has 0 spiro atoms. The van der Waals surface area contributed by atoms with Crippen molar-refractivity contribution in [2.75, 3.05) is 65.4 Å². The van der Waals surface area contributed by atoms with Gasteiger partial charge in [0, 0.05) is 99.1 Å². The maximum atomic E-state index is 12.4. The Kier molecular flexibility index (Phi) is 17.7. The highest BCUT2D eigenvalue weighted by atomic mass is 16.6. The Balaban J connectivity index is 0.000000228. The minimum Gasteiger partial charge on any atom is -0.444 e. The average Bonchev–Trinajstić information content (AvgIpc) is 3.20. The maximum absolute atomic E-state index is 12.4. The molecule has 6 fully saturated rings. The van der Waals surface area contributed by atoms with Crippen molar-refractivity contribution in [2.45, 2.75) is 205 Å². The number of rotatable bonds is 9. The van der Waals surface area contributed by atoms with E-state index in [4.69, 9.17) is 20.7 Å². The summed E-state index contributed by atoms with van der Waals surface area (Å²) in [7, 11) is 0. The van der Waals surface area contributed by atoms with Crippen molar-refractivity contribution >= 4 is 12.2 Å². The van der Waals surface area contributed by atoms with Crippen LogP contribution in [-0.4, -0.2) is 144 Å². The van der Waals surface area contributed by atoms with E-state index in [1.165, 1.54) is 64.2 Å². The van der Waals surface area contributed by atoms with Gasteiger partial charge >= 0.3 is 12.2 Å². The summed E-state index contributed by atoms with van der Waals surface area (Å²) in [5.74, 6) is 1.15. The van der Waals surface area contributed by atoms with Crippen molar-refractivity contribution in [3.8, 4) is 0 Å². The van der Waals surface area contributed by atoms with E-state index in [2.05, 4.69) is 44.3 Å². The van der Waals surface area contributed by atoms with Crippen LogP contribution < -0.4 is 16.4 Å². The number of hydrogen-bond donors (Lipinski definition) is 3. The fourth-order valence-corrected chi connectivity index (χ4v) is 10.9. The van der Waals surface area contributed by atoms with Crippen LogP contribution in [0.25, 0.3) is 10.4 Å². The molecule has 2 saturated carbocycles. The number of carbonyl (C=O) groups is 2. The minimum absolute atomic E-state index is 0.163. The van der Waals surface area contributed by atoms with Gasteiger partial charge in [0.1, 0.15) is 11.2 Å². The first kappa shape index (κ1) is 48.7. The average molecular weight is 843 g/mol. The topological polar surface area (TPSA) is 164 Å². The second-order valence-electron chi connectivity index (χ2n) is 21.7. The molecule has 0 aromatic carbocycles. The Hall–Kier alpha value is -2.35. The molecule has 60 heavy (non-hydrogen) atoms. The Bertz CT molecular complexity index is 1380. The summed E-state index contributed by atoms with van der Waals surface area (Å²) in [5.41, 5.74) is 14.2. The Labute approximate surface area is 363 Å². The van der Waals surface area contributed by atoms with Crippen molar-refractivity contribution in [1.82, 2.24) is 30.2 Å². The van der Waals surface area contributed by atoms with Gasteiger partial charge in [0.15, 0.2) is 0 Å². The van der Waals surface area contributed by atoms with E-state index < -0.39 is 11.2 Å². The van der Waals surface area contributed by atoms with Crippen LogP contribution in [0, 0.1) is 11.8 Å². The number of nitrogens with two attached hydrogens (primary N) is 1. The lowest BCUT2D eigenvalue weighted by Gasteiger charge is -2.49. The van der Waals surface area contributed by atoms with E-state index in [0.717, 1.165) is 97.4 Å². The van der Waals surface area contributed by atoms with Gasteiger partial charge in [0.25, 0.3) is 0 Å². The summed E-state index contributed by atoms with van der Waals surface area (Å²) >= 11 is 0. The molecule has 4 aliphatic heterocycles. The fraction of sp³-hybridized carbons (Fsp3) is 0.957.